The van der Waals surface area contributed by atoms with Gasteiger partial charge in [0.1, 0.15) is 11.5 Å². The van der Waals surface area contributed by atoms with E-state index in [1.165, 1.54) is 0 Å². The number of para-hydroxylation sites is 1. The number of methoxy groups -OCH3 is 1. The molecule has 5 nitrogen and oxygen atoms in total. The highest BCUT2D eigenvalue weighted by Gasteiger charge is 2.14. The normalized spacial score (nSPS) is 11.8. The molecule has 3 aromatic rings. The molecule has 0 saturated heterocycles. The molecule has 7 heteroatoms. The number of benzene rings is 2. The third-order valence-corrected chi connectivity index (χ3v) is 5.74. The van der Waals surface area contributed by atoms with Gasteiger partial charge in [-0.25, -0.2) is 0 Å². The van der Waals surface area contributed by atoms with Crippen LogP contribution in [0.1, 0.15) is 21.9 Å². The van der Waals surface area contributed by atoms with Crippen molar-refractivity contribution < 1.29 is 18.2 Å². The molecule has 0 aliphatic heterocycles. The number of nitrogens with one attached hydrogen (secondary N) is 1. The summed E-state index contributed by atoms with van der Waals surface area (Å²) in [5.74, 6) is 1.28. The summed E-state index contributed by atoms with van der Waals surface area (Å²) in [6.45, 7) is 0.323. The lowest BCUT2D eigenvalue weighted by Gasteiger charge is -2.08. The average Bonchev–Trinajstić information content (AvgIpc) is 3.15. The van der Waals surface area contributed by atoms with E-state index in [2.05, 4.69) is 21.2 Å². The average molecular weight is 448 g/mol. The largest absolute Gasteiger partial charge is 0.496 e. The zero-order valence-electron chi connectivity index (χ0n) is 14.6. The van der Waals surface area contributed by atoms with Gasteiger partial charge in [0.2, 0.25) is 0 Å². The molecule has 0 spiro atoms. The van der Waals surface area contributed by atoms with Gasteiger partial charge in [-0.3, -0.25) is 9.00 Å². The molecule has 0 radical (unpaired) electrons. The molecule has 1 heterocycles. The Kier molecular flexibility index (Phi) is 6.47. The number of carbonyl (C=O) groups is 1. The third kappa shape index (κ3) is 5.08. The van der Waals surface area contributed by atoms with Crippen LogP contribution in [0.15, 0.2) is 74.4 Å². The number of ether oxygens (including phenoxy) is 1. The lowest BCUT2D eigenvalue weighted by atomic mass is 10.2. The smallest absolute Gasteiger partial charge is 0.287 e. The Morgan fingerprint density at radius 2 is 1.85 bits per heavy atom. The fourth-order valence-corrected chi connectivity index (χ4v) is 3.77. The highest BCUT2D eigenvalue weighted by molar-refractivity contribution is 9.10. The summed E-state index contributed by atoms with van der Waals surface area (Å²) in [7, 11) is 0.345. The molecule has 27 heavy (non-hydrogen) atoms. The van der Waals surface area contributed by atoms with Crippen molar-refractivity contribution in [2.24, 2.45) is 0 Å². The van der Waals surface area contributed by atoms with Crippen LogP contribution in [0.3, 0.4) is 0 Å². The summed E-state index contributed by atoms with van der Waals surface area (Å²) in [6, 6.07) is 18.0. The molecule has 0 aliphatic rings. The van der Waals surface area contributed by atoms with Crippen LogP contribution in [0, 0.1) is 0 Å². The molecule has 1 N–H and O–H groups in total. The standard InChI is InChI=1S/C20H18BrNO4S/c1-25-18-5-3-2-4-14(18)12-22-20(23)19-11-8-16(26-19)13-27(24)17-9-6-15(21)7-10-17/h2-11H,12-13H2,1H3,(H,22,23)/t27-/m1/s1. The predicted molar refractivity (Wildman–Crippen MR) is 107 cm³/mol. The maximum Gasteiger partial charge on any atom is 0.287 e. The summed E-state index contributed by atoms with van der Waals surface area (Å²) in [5.41, 5.74) is 0.872. The number of furan rings is 1. The van der Waals surface area contributed by atoms with E-state index < -0.39 is 10.8 Å². The molecule has 0 unspecified atom stereocenters. The first-order valence-corrected chi connectivity index (χ1v) is 10.3. The maximum absolute atomic E-state index is 12.4. The molecule has 0 fully saturated rings. The second-order valence-corrected chi connectivity index (χ2v) is 8.07. The maximum atomic E-state index is 12.4. The van der Waals surface area contributed by atoms with Crippen molar-refractivity contribution in [2.45, 2.75) is 17.2 Å². The molecule has 3 rings (SSSR count). The van der Waals surface area contributed by atoms with Crippen molar-refractivity contribution in [1.82, 2.24) is 5.32 Å². The van der Waals surface area contributed by atoms with E-state index in [0.717, 1.165) is 10.0 Å². The summed E-state index contributed by atoms with van der Waals surface area (Å²) in [4.78, 5) is 13.0. The van der Waals surface area contributed by atoms with Crippen LogP contribution in [0.2, 0.25) is 0 Å². The van der Waals surface area contributed by atoms with E-state index >= 15 is 0 Å². The number of rotatable bonds is 7. The van der Waals surface area contributed by atoms with Gasteiger partial charge in [0.25, 0.3) is 5.91 Å². The Morgan fingerprint density at radius 1 is 1.11 bits per heavy atom. The lowest BCUT2D eigenvalue weighted by Crippen LogP contribution is -2.22. The van der Waals surface area contributed by atoms with E-state index in [1.54, 1.807) is 31.4 Å². The number of hydrogen-bond donors (Lipinski definition) is 1. The SMILES string of the molecule is COc1ccccc1CNC(=O)c1ccc(C[S@@](=O)c2ccc(Br)cc2)o1. The Bertz CT molecular complexity index is 953. The Hall–Kier alpha value is -2.38. The van der Waals surface area contributed by atoms with E-state index in [0.29, 0.717) is 22.9 Å². The molecule has 1 atom stereocenters. The summed E-state index contributed by atoms with van der Waals surface area (Å²) < 4.78 is 24.2. The van der Waals surface area contributed by atoms with Gasteiger partial charge >= 0.3 is 0 Å². The molecule has 1 aromatic heterocycles. The topological polar surface area (TPSA) is 68.5 Å². The van der Waals surface area contributed by atoms with E-state index in [1.807, 2.05) is 36.4 Å². The van der Waals surface area contributed by atoms with Gasteiger partial charge in [0.05, 0.1) is 23.7 Å². The van der Waals surface area contributed by atoms with E-state index in [-0.39, 0.29) is 17.4 Å². The van der Waals surface area contributed by atoms with Gasteiger partial charge < -0.3 is 14.5 Å². The first-order chi connectivity index (χ1) is 13.1. The van der Waals surface area contributed by atoms with Crippen LogP contribution < -0.4 is 10.1 Å². The van der Waals surface area contributed by atoms with Gasteiger partial charge in [-0.05, 0) is 42.5 Å². The van der Waals surface area contributed by atoms with Crippen LogP contribution in [0.4, 0.5) is 0 Å². The summed E-state index contributed by atoms with van der Waals surface area (Å²) in [6.07, 6.45) is 0. The highest BCUT2D eigenvalue weighted by Crippen LogP contribution is 2.19. The molecule has 0 bridgehead atoms. The predicted octanol–water partition coefficient (Wildman–Crippen LogP) is 4.29. The Balaban J connectivity index is 1.60. The van der Waals surface area contributed by atoms with Crippen molar-refractivity contribution in [1.29, 1.82) is 0 Å². The number of hydrogen-bond acceptors (Lipinski definition) is 4. The minimum atomic E-state index is -1.24. The number of halogens is 1. The molecule has 140 valence electrons. The number of amides is 1. The van der Waals surface area contributed by atoms with Gasteiger partial charge in [-0.1, -0.05) is 34.1 Å². The highest BCUT2D eigenvalue weighted by atomic mass is 79.9. The van der Waals surface area contributed by atoms with Crippen LogP contribution in [-0.4, -0.2) is 17.2 Å². The molecule has 1 amide bonds. The van der Waals surface area contributed by atoms with Crippen LogP contribution in [0.25, 0.3) is 0 Å². The first kappa shape index (κ1) is 19.4. The zero-order valence-corrected chi connectivity index (χ0v) is 17.0. The molecule has 0 aliphatic carbocycles. The summed E-state index contributed by atoms with van der Waals surface area (Å²) in [5, 5.41) is 2.80. The van der Waals surface area contributed by atoms with E-state index in [9.17, 15) is 9.00 Å². The monoisotopic (exact) mass is 447 g/mol. The van der Waals surface area contributed by atoms with E-state index in [4.69, 9.17) is 9.15 Å². The van der Waals surface area contributed by atoms with Crippen molar-refractivity contribution >= 4 is 32.6 Å². The molecule has 2 aromatic carbocycles. The van der Waals surface area contributed by atoms with Gasteiger partial charge in [0, 0.05) is 21.5 Å². The Morgan fingerprint density at radius 3 is 2.59 bits per heavy atom. The van der Waals surface area contributed by atoms with Crippen LogP contribution in [-0.2, 0) is 23.1 Å². The van der Waals surface area contributed by atoms with Crippen LogP contribution in [0.5, 0.6) is 5.75 Å². The fraction of sp³-hybridized carbons (Fsp3) is 0.150. The summed E-state index contributed by atoms with van der Waals surface area (Å²) >= 11 is 3.35. The van der Waals surface area contributed by atoms with Gasteiger partial charge in [-0.15, -0.1) is 0 Å². The number of carbonyl (C=O) groups excluding carboxylic acids is 1. The minimum Gasteiger partial charge on any atom is -0.496 e. The lowest BCUT2D eigenvalue weighted by molar-refractivity contribution is 0.0921. The van der Waals surface area contributed by atoms with Crippen molar-refractivity contribution in [3.8, 4) is 5.75 Å². The fourth-order valence-electron chi connectivity index (χ4n) is 2.49. The van der Waals surface area contributed by atoms with Gasteiger partial charge in [-0.2, -0.15) is 0 Å². The Labute approximate surface area is 168 Å². The van der Waals surface area contributed by atoms with Crippen LogP contribution >= 0.6 is 15.9 Å². The molecule has 0 saturated carbocycles. The second-order valence-electron chi connectivity index (χ2n) is 5.70. The van der Waals surface area contributed by atoms with Crippen molar-refractivity contribution in [2.75, 3.05) is 7.11 Å². The third-order valence-electron chi connectivity index (χ3n) is 3.87. The molecular formula is C20H18BrNO4S. The van der Waals surface area contributed by atoms with Crippen molar-refractivity contribution in [3.63, 3.8) is 0 Å². The first-order valence-electron chi connectivity index (χ1n) is 8.19. The second kappa shape index (κ2) is 9.01. The molecular weight excluding hydrogens is 430 g/mol. The van der Waals surface area contributed by atoms with Crippen molar-refractivity contribution in [3.05, 3.63) is 82.2 Å². The van der Waals surface area contributed by atoms with Gasteiger partial charge in [0.15, 0.2) is 5.76 Å². The zero-order chi connectivity index (χ0) is 19.2. The quantitative estimate of drug-likeness (QED) is 0.586. The minimum absolute atomic E-state index is 0.188.